The van der Waals surface area contributed by atoms with E-state index in [1.165, 1.54) is 0 Å². The van der Waals surface area contributed by atoms with E-state index in [-0.39, 0.29) is 0 Å². The molecule has 2 heterocycles. The van der Waals surface area contributed by atoms with E-state index in [0.29, 0.717) is 24.7 Å². The Bertz CT molecular complexity index is 593. The van der Waals surface area contributed by atoms with Crippen LogP contribution >= 0.6 is 7.51 Å². The molecule has 2 aromatic rings. The molecule has 19 heavy (non-hydrogen) atoms. The SMILES string of the molecule is c1ccc(P23(OCCO2)Oc2ccccc2O3)cc1. The summed E-state index contributed by atoms with van der Waals surface area (Å²) < 4.78 is 24.0. The molecule has 4 nitrogen and oxygen atoms in total. The van der Waals surface area contributed by atoms with Gasteiger partial charge in [-0.25, -0.2) is 0 Å². The molecule has 0 unspecified atom stereocenters. The van der Waals surface area contributed by atoms with Crippen LogP contribution in [0.5, 0.6) is 11.5 Å². The van der Waals surface area contributed by atoms with Crippen LogP contribution in [0, 0.1) is 0 Å². The van der Waals surface area contributed by atoms with Crippen molar-refractivity contribution < 1.29 is 18.1 Å². The van der Waals surface area contributed by atoms with Crippen molar-refractivity contribution in [2.24, 2.45) is 0 Å². The van der Waals surface area contributed by atoms with Crippen LogP contribution in [0.25, 0.3) is 0 Å². The molecule has 2 aromatic carbocycles. The number of hydrogen-bond donors (Lipinski definition) is 0. The van der Waals surface area contributed by atoms with Crippen molar-refractivity contribution >= 4 is 12.8 Å². The van der Waals surface area contributed by atoms with E-state index in [2.05, 4.69) is 0 Å². The third-order valence-electron chi connectivity index (χ3n) is 3.25. The van der Waals surface area contributed by atoms with Gasteiger partial charge in [-0.1, -0.05) is 0 Å². The summed E-state index contributed by atoms with van der Waals surface area (Å²) in [5, 5.41) is 0.821. The fourth-order valence-corrected chi connectivity index (χ4v) is 5.67. The van der Waals surface area contributed by atoms with Crippen molar-refractivity contribution in [3.63, 3.8) is 0 Å². The van der Waals surface area contributed by atoms with Crippen molar-refractivity contribution in [1.82, 2.24) is 0 Å². The summed E-state index contributed by atoms with van der Waals surface area (Å²) in [6, 6.07) is 17.2. The Labute approximate surface area is 111 Å². The summed E-state index contributed by atoms with van der Waals surface area (Å²) in [4.78, 5) is 0. The second-order valence-corrected chi connectivity index (χ2v) is 7.47. The van der Waals surface area contributed by atoms with E-state index in [9.17, 15) is 0 Å². The maximum absolute atomic E-state index is 6.09. The van der Waals surface area contributed by atoms with Crippen LogP contribution in [-0.2, 0) is 9.05 Å². The van der Waals surface area contributed by atoms with E-state index >= 15 is 0 Å². The molecule has 1 spiro atoms. The molecule has 0 aliphatic carbocycles. The van der Waals surface area contributed by atoms with Gasteiger partial charge in [-0.3, -0.25) is 0 Å². The van der Waals surface area contributed by atoms with E-state index in [1.54, 1.807) is 0 Å². The quantitative estimate of drug-likeness (QED) is 0.750. The summed E-state index contributed by atoms with van der Waals surface area (Å²) in [7, 11) is -3.69. The maximum atomic E-state index is 6.09. The molecule has 2 aliphatic heterocycles. The molecule has 4 rings (SSSR count). The van der Waals surface area contributed by atoms with Gasteiger partial charge in [0.25, 0.3) is 0 Å². The Morgan fingerprint density at radius 2 is 1.21 bits per heavy atom. The third-order valence-corrected chi connectivity index (χ3v) is 6.67. The van der Waals surface area contributed by atoms with Gasteiger partial charge in [-0.15, -0.1) is 0 Å². The van der Waals surface area contributed by atoms with E-state index in [4.69, 9.17) is 18.1 Å². The zero-order valence-electron chi connectivity index (χ0n) is 10.2. The Kier molecular flexibility index (Phi) is 2.19. The van der Waals surface area contributed by atoms with Crippen LogP contribution in [0.15, 0.2) is 54.6 Å². The van der Waals surface area contributed by atoms with Crippen LogP contribution in [0.4, 0.5) is 0 Å². The second-order valence-electron chi connectivity index (χ2n) is 4.44. The third kappa shape index (κ3) is 1.45. The van der Waals surface area contributed by atoms with Crippen LogP contribution in [0.1, 0.15) is 0 Å². The molecule has 0 radical (unpaired) electrons. The van der Waals surface area contributed by atoms with Crippen molar-refractivity contribution in [2.75, 3.05) is 13.2 Å². The van der Waals surface area contributed by atoms with Crippen LogP contribution in [-0.4, -0.2) is 13.2 Å². The molecule has 1 saturated heterocycles. The average Bonchev–Trinajstić information content (AvgIpc) is 3.04. The van der Waals surface area contributed by atoms with Crippen molar-refractivity contribution in [3.8, 4) is 11.5 Å². The number of rotatable bonds is 1. The van der Waals surface area contributed by atoms with Gasteiger partial charge in [0.05, 0.1) is 0 Å². The minimum atomic E-state index is -3.69. The van der Waals surface area contributed by atoms with Crippen LogP contribution in [0.2, 0.25) is 0 Å². The van der Waals surface area contributed by atoms with E-state index in [1.807, 2.05) is 54.6 Å². The molecule has 0 aromatic heterocycles. The van der Waals surface area contributed by atoms with Gasteiger partial charge in [0.15, 0.2) is 0 Å². The van der Waals surface area contributed by atoms with Crippen molar-refractivity contribution in [1.29, 1.82) is 0 Å². The molecule has 0 bridgehead atoms. The van der Waals surface area contributed by atoms with Crippen LogP contribution < -0.4 is 14.4 Å². The summed E-state index contributed by atoms with van der Waals surface area (Å²) in [5.74, 6) is 1.34. The molecular formula is C14H13O4P. The first-order chi connectivity index (χ1) is 9.31. The second kappa shape index (κ2) is 3.70. The van der Waals surface area contributed by atoms with Crippen molar-refractivity contribution in [2.45, 2.75) is 0 Å². The van der Waals surface area contributed by atoms with Crippen molar-refractivity contribution in [3.05, 3.63) is 54.6 Å². The predicted octanol–water partition coefficient (Wildman–Crippen LogP) is 3.04. The number of para-hydroxylation sites is 2. The predicted molar refractivity (Wildman–Crippen MR) is 72.6 cm³/mol. The molecule has 1 fully saturated rings. The van der Waals surface area contributed by atoms with E-state index < -0.39 is 7.51 Å². The fraction of sp³-hybridized carbons (Fsp3) is 0.143. The normalized spacial score (nSPS) is 23.9. The fourth-order valence-electron chi connectivity index (χ4n) is 2.42. The van der Waals surface area contributed by atoms with Crippen LogP contribution in [0.3, 0.4) is 0 Å². The Balaban J connectivity index is 1.91. The van der Waals surface area contributed by atoms with Gasteiger partial charge >= 0.3 is 110 Å². The zero-order chi connectivity index (χ0) is 12.8. The Morgan fingerprint density at radius 3 is 1.79 bits per heavy atom. The molecule has 0 atom stereocenters. The summed E-state index contributed by atoms with van der Waals surface area (Å²) in [5.41, 5.74) is 0. The van der Waals surface area contributed by atoms with Gasteiger partial charge in [-0.2, -0.15) is 0 Å². The van der Waals surface area contributed by atoms with Gasteiger partial charge in [0.2, 0.25) is 0 Å². The molecule has 0 amide bonds. The Hall–Kier alpha value is -1.61. The summed E-state index contributed by atoms with van der Waals surface area (Å²) in [6.07, 6.45) is 0. The van der Waals surface area contributed by atoms with E-state index in [0.717, 1.165) is 5.30 Å². The number of fused-ring (bicyclic) bond motifs is 1. The monoisotopic (exact) mass is 276 g/mol. The zero-order valence-corrected chi connectivity index (χ0v) is 11.1. The Morgan fingerprint density at radius 1 is 0.684 bits per heavy atom. The summed E-state index contributed by atoms with van der Waals surface area (Å²) >= 11 is 0. The number of hydrogen-bond acceptors (Lipinski definition) is 4. The molecule has 0 saturated carbocycles. The number of benzene rings is 2. The molecule has 5 heteroatoms. The van der Waals surface area contributed by atoms with Gasteiger partial charge in [0, 0.05) is 0 Å². The van der Waals surface area contributed by atoms with Gasteiger partial charge < -0.3 is 0 Å². The first-order valence-corrected chi connectivity index (χ1v) is 8.09. The topological polar surface area (TPSA) is 36.9 Å². The molecular weight excluding hydrogens is 263 g/mol. The first-order valence-electron chi connectivity index (χ1n) is 6.18. The first kappa shape index (κ1) is 11.2. The summed E-state index contributed by atoms with van der Waals surface area (Å²) in [6.45, 7) is 0.946. The van der Waals surface area contributed by atoms with Gasteiger partial charge in [-0.05, 0) is 0 Å². The van der Waals surface area contributed by atoms with Gasteiger partial charge in [0.1, 0.15) is 0 Å². The molecule has 98 valence electrons. The minimum absolute atomic E-state index is 0.473. The molecule has 0 N–H and O–H groups in total. The standard InChI is InChI=1S/C14H13O4P/c1-2-6-12(7-3-1)19(15-10-11-16-19)17-13-8-4-5-9-14(13)18-19/h1-9H,10-11H2. The molecule has 2 aliphatic rings. The average molecular weight is 276 g/mol.